The second kappa shape index (κ2) is 8.24. The van der Waals surface area contributed by atoms with Crippen LogP contribution in [0.5, 0.6) is 0 Å². The number of carbonyl (C=O) groups excluding carboxylic acids is 1. The summed E-state index contributed by atoms with van der Waals surface area (Å²) in [6.07, 6.45) is -3.36. The summed E-state index contributed by atoms with van der Waals surface area (Å²) < 4.78 is 41.1. The molecule has 162 valence electrons. The van der Waals surface area contributed by atoms with Gasteiger partial charge in [-0.25, -0.2) is 4.68 Å². The molecule has 2 aromatic rings. The van der Waals surface area contributed by atoms with Gasteiger partial charge in [-0.15, -0.1) is 0 Å². The number of amides is 1. The van der Waals surface area contributed by atoms with Crippen molar-refractivity contribution in [3.05, 3.63) is 63.6 Å². The molecule has 0 bridgehead atoms. The van der Waals surface area contributed by atoms with Gasteiger partial charge in [-0.05, 0) is 37.0 Å². The van der Waals surface area contributed by atoms with Crippen molar-refractivity contribution in [3.63, 3.8) is 0 Å². The molecule has 2 heterocycles. The molecule has 5 nitrogen and oxygen atoms in total. The van der Waals surface area contributed by atoms with Crippen molar-refractivity contribution >= 4 is 5.91 Å². The van der Waals surface area contributed by atoms with Gasteiger partial charge in [0.2, 0.25) is 0 Å². The van der Waals surface area contributed by atoms with Gasteiger partial charge in [-0.1, -0.05) is 32.9 Å². The first kappa shape index (κ1) is 22.1. The van der Waals surface area contributed by atoms with Crippen LogP contribution < -0.4 is 5.56 Å². The number of halogens is 3. The van der Waals surface area contributed by atoms with Gasteiger partial charge in [0, 0.05) is 31.1 Å². The monoisotopic (exact) mass is 421 g/mol. The van der Waals surface area contributed by atoms with E-state index >= 15 is 0 Å². The summed E-state index contributed by atoms with van der Waals surface area (Å²) in [5.41, 5.74) is -0.776. The van der Waals surface area contributed by atoms with E-state index in [1.807, 2.05) is 20.8 Å². The van der Waals surface area contributed by atoms with Crippen LogP contribution in [0.25, 0.3) is 0 Å². The molecule has 0 N–H and O–H groups in total. The van der Waals surface area contributed by atoms with Crippen molar-refractivity contribution in [1.29, 1.82) is 0 Å². The summed E-state index contributed by atoms with van der Waals surface area (Å²) in [6, 6.07) is 8.12. The molecule has 0 saturated carbocycles. The second-order valence-electron chi connectivity index (χ2n) is 8.77. The molecule has 0 radical (unpaired) electrons. The zero-order valence-corrected chi connectivity index (χ0v) is 17.4. The van der Waals surface area contributed by atoms with Crippen molar-refractivity contribution in [2.45, 2.75) is 51.7 Å². The van der Waals surface area contributed by atoms with Crippen molar-refractivity contribution in [3.8, 4) is 0 Å². The molecule has 0 unspecified atom stereocenters. The minimum atomic E-state index is -4.57. The highest BCUT2D eigenvalue weighted by Gasteiger charge is 2.36. The maximum atomic E-state index is 13.2. The summed E-state index contributed by atoms with van der Waals surface area (Å²) in [5.74, 6) is -0.473. The van der Waals surface area contributed by atoms with Crippen molar-refractivity contribution < 1.29 is 18.0 Å². The summed E-state index contributed by atoms with van der Waals surface area (Å²) in [7, 11) is 0. The molecule has 0 atom stereocenters. The third-order valence-corrected chi connectivity index (χ3v) is 5.43. The Bertz CT molecular complexity index is 969. The maximum absolute atomic E-state index is 13.2. The van der Waals surface area contributed by atoms with Gasteiger partial charge in [0.1, 0.15) is 0 Å². The first-order valence-corrected chi connectivity index (χ1v) is 10.0. The van der Waals surface area contributed by atoms with E-state index in [1.54, 1.807) is 6.07 Å². The second-order valence-corrected chi connectivity index (χ2v) is 8.77. The van der Waals surface area contributed by atoms with Crippen LogP contribution in [-0.2, 0) is 18.1 Å². The van der Waals surface area contributed by atoms with Crippen LogP contribution in [0.2, 0.25) is 0 Å². The Morgan fingerprint density at radius 3 is 2.30 bits per heavy atom. The Labute approximate surface area is 173 Å². The smallest absolute Gasteiger partial charge is 0.339 e. The number of carbonyl (C=O) groups is 1. The normalized spacial score (nSPS) is 16.0. The number of aromatic nitrogens is 2. The molecule has 0 spiro atoms. The number of hydrogen-bond acceptors (Lipinski definition) is 3. The number of benzene rings is 1. The Morgan fingerprint density at radius 2 is 1.70 bits per heavy atom. The van der Waals surface area contributed by atoms with E-state index in [4.69, 9.17) is 0 Å². The van der Waals surface area contributed by atoms with Crippen LogP contribution in [0.1, 0.15) is 55.2 Å². The third-order valence-electron chi connectivity index (χ3n) is 5.43. The summed E-state index contributed by atoms with van der Waals surface area (Å²) >= 11 is 0. The highest BCUT2D eigenvalue weighted by atomic mass is 19.4. The van der Waals surface area contributed by atoms with E-state index in [1.165, 1.54) is 33.8 Å². The molecule has 3 rings (SSSR count). The lowest BCUT2D eigenvalue weighted by molar-refractivity contribution is -0.138. The number of nitrogens with zero attached hydrogens (tertiary/aromatic N) is 3. The largest absolute Gasteiger partial charge is 0.417 e. The first-order valence-electron chi connectivity index (χ1n) is 10.0. The molecule has 1 aromatic carbocycles. The SMILES string of the molecule is CC(C)(C)c1ccc(=O)n(CC2CCN(C(=O)c3ccccc3C(F)(F)F)CC2)n1. The average Bonchev–Trinajstić information content (AvgIpc) is 2.68. The van der Waals surface area contributed by atoms with Crippen molar-refractivity contribution in [1.82, 2.24) is 14.7 Å². The Hall–Kier alpha value is -2.64. The zero-order chi connectivity index (χ0) is 22.1. The topological polar surface area (TPSA) is 55.2 Å². The lowest BCUT2D eigenvalue weighted by Crippen LogP contribution is -2.41. The molecule has 1 aromatic heterocycles. The summed E-state index contributed by atoms with van der Waals surface area (Å²) in [5, 5.41) is 4.48. The van der Waals surface area contributed by atoms with E-state index in [9.17, 15) is 22.8 Å². The van der Waals surface area contributed by atoms with Gasteiger partial charge in [-0.2, -0.15) is 18.3 Å². The van der Waals surface area contributed by atoms with E-state index in [0.29, 0.717) is 32.5 Å². The number of hydrogen-bond donors (Lipinski definition) is 0. The molecule has 1 amide bonds. The van der Waals surface area contributed by atoms with Crippen LogP contribution in [0, 0.1) is 5.92 Å². The lowest BCUT2D eigenvalue weighted by Gasteiger charge is -2.32. The van der Waals surface area contributed by atoms with Gasteiger partial charge >= 0.3 is 6.18 Å². The van der Waals surface area contributed by atoms with Crippen LogP contribution in [0.4, 0.5) is 13.2 Å². The quantitative estimate of drug-likeness (QED) is 0.750. The minimum Gasteiger partial charge on any atom is -0.339 e. The first-order chi connectivity index (χ1) is 14.0. The Morgan fingerprint density at radius 1 is 1.07 bits per heavy atom. The maximum Gasteiger partial charge on any atom is 0.417 e. The van der Waals surface area contributed by atoms with Crippen LogP contribution in [0.3, 0.4) is 0 Å². The standard InChI is InChI=1S/C22H26F3N3O2/c1-21(2,3)18-8-9-19(29)28(26-18)14-15-10-12-27(13-11-15)20(30)16-6-4-5-7-17(16)22(23,24)25/h4-9,15H,10-14H2,1-3H3. The molecule has 30 heavy (non-hydrogen) atoms. The van der Waals surface area contributed by atoms with Gasteiger partial charge in [-0.3, -0.25) is 9.59 Å². The molecule has 8 heteroatoms. The van der Waals surface area contributed by atoms with Crippen molar-refractivity contribution in [2.24, 2.45) is 5.92 Å². The molecule has 0 aliphatic carbocycles. The highest BCUT2D eigenvalue weighted by molar-refractivity contribution is 5.96. The minimum absolute atomic E-state index is 0.132. The summed E-state index contributed by atoms with van der Waals surface area (Å²) in [6.45, 7) is 7.20. The highest BCUT2D eigenvalue weighted by Crippen LogP contribution is 2.33. The van der Waals surface area contributed by atoms with Crippen LogP contribution in [0.15, 0.2) is 41.2 Å². The number of rotatable bonds is 3. The van der Waals surface area contributed by atoms with Gasteiger partial charge in [0.15, 0.2) is 0 Å². The predicted octanol–water partition coefficient (Wildman–Crippen LogP) is 4.11. The molecular weight excluding hydrogens is 395 g/mol. The van der Waals surface area contributed by atoms with Crippen molar-refractivity contribution in [2.75, 3.05) is 13.1 Å². The zero-order valence-electron chi connectivity index (χ0n) is 17.4. The van der Waals surface area contributed by atoms with E-state index < -0.39 is 17.6 Å². The molecule has 1 saturated heterocycles. The summed E-state index contributed by atoms with van der Waals surface area (Å²) in [4.78, 5) is 26.4. The van der Waals surface area contributed by atoms with Gasteiger partial charge < -0.3 is 4.90 Å². The number of likely N-dealkylation sites (tertiary alicyclic amines) is 1. The number of alkyl halides is 3. The fourth-order valence-corrected chi connectivity index (χ4v) is 3.63. The number of piperidine rings is 1. The van der Waals surface area contributed by atoms with E-state index in [-0.39, 0.29) is 22.5 Å². The van der Waals surface area contributed by atoms with E-state index in [2.05, 4.69) is 5.10 Å². The van der Waals surface area contributed by atoms with Gasteiger partial charge in [0.25, 0.3) is 11.5 Å². The van der Waals surface area contributed by atoms with Crippen LogP contribution >= 0.6 is 0 Å². The van der Waals surface area contributed by atoms with E-state index in [0.717, 1.165) is 11.8 Å². The molecular formula is C22H26F3N3O2. The predicted molar refractivity (Wildman–Crippen MR) is 107 cm³/mol. The van der Waals surface area contributed by atoms with Crippen LogP contribution in [-0.4, -0.2) is 33.7 Å². The Balaban J connectivity index is 1.68. The third kappa shape index (κ3) is 4.91. The lowest BCUT2D eigenvalue weighted by atomic mass is 9.92. The van der Waals surface area contributed by atoms with Gasteiger partial charge in [0.05, 0.1) is 16.8 Å². The molecule has 1 aliphatic rings. The molecule has 1 fully saturated rings. The molecule has 1 aliphatic heterocycles. The fourth-order valence-electron chi connectivity index (χ4n) is 3.63. The average molecular weight is 421 g/mol. The fraction of sp³-hybridized carbons (Fsp3) is 0.500. The Kier molecular flexibility index (Phi) is 6.06.